The van der Waals surface area contributed by atoms with Gasteiger partial charge in [0, 0.05) is 20.9 Å². The molecule has 0 atom stereocenters. The van der Waals surface area contributed by atoms with E-state index >= 15 is 0 Å². The van der Waals surface area contributed by atoms with Crippen LogP contribution in [0.2, 0.25) is 5.02 Å². The van der Waals surface area contributed by atoms with E-state index in [0.717, 1.165) is 15.5 Å². The number of aromatic carboxylic acids is 1. The molecule has 5 rings (SSSR count). The predicted molar refractivity (Wildman–Crippen MR) is 140 cm³/mol. The van der Waals surface area contributed by atoms with E-state index in [1.54, 1.807) is 30.9 Å². The smallest absolute Gasteiger partial charge is 0.355 e. The van der Waals surface area contributed by atoms with Crippen molar-refractivity contribution in [3.05, 3.63) is 76.9 Å². The molecule has 0 fully saturated rings. The SMILES string of the molecule is COc1ccc(Sc2nc(Sc3ccc(OC)cc3)n(Cc3cc4c(cc3Cl)OCO4)c2C(=O)O)cc1. The minimum Gasteiger partial charge on any atom is -0.497 e. The number of hydrogen-bond donors (Lipinski definition) is 1. The Bertz CT molecular complexity index is 1440. The van der Waals surface area contributed by atoms with Gasteiger partial charge in [-0.1, -0.05) is 35.1 Å². The number of nitrogens with zero attached hydrogens (tertiary/aromatic N) is 2. The highest BCUT2D eigenvalue weighted by atomic mass is 35.5. The van der Waals surface area contributed by atoms with Crippen LogP contribution in [0.4, 0.5) is 0 Å². The standard InChI is InChI=1S/C26H21ClN2O6S2/c1-32-16-3-7-18(8-4-16)36-24-23(25(30)31)29(13-15-11-21-22(12-20(15)27)35-14-34-21)26(28-24)37-19-9-5-17(33-2)6-10-19/h3-12H,13-14H2,1-2H3,(H,30,31). The van der Waals surface area contributed by atoms with Crippen molar-refractivity contribution in [3.63, 3.8) is 0 Å². The van der Waals surface area contributed by atoms with Crippen LogP contribution in [0.25, 0.3) is 0 Å². The summed E-state index contributed by atoms with van der Waals surface area (Å²) in [5.41, 5.74) is 0.744. The molecule has 8 nitrogen and oxygen atoms in total. The van der Waals surface area contributed by atoms with Crippen LogP contribution in [-0.4, -0.2) is 41.6 Å². The molecule has 0 spiro atoms. The number of ether oxygens (including phenoxy) is 4. The van der Waals surface area contributed by atoms with Crippen molar-refractivity contribution in [2.45, 2.75) is 26.5 Å². The quantitative estimate of drug-likeness (QED) is 0.254. The first kappa shape index (κ1) is 25.2. The highest BCUT2D eigenvalue weighted by Gasteiger charge is 2.26. The first-order valence-electron chi connectivity index (χ1n) is 11.0. The van der Waals surface area contributed by atoms with Crippen molar-refractivity contribution in [1.82, 2.24) is 9.55 Å². The van der Waals surface area contributed by atoms with Gasteiger partial charge in [-0.3, -0.25) is 0 Å². The molecule has 0 radical (unpaired) electrons. The second-order valence-corrected chi connectivity index (χ2v) is 10.3. The number of carboxylic acids is 1. The monoisotopic (exact) mass is 556 g/mol. The van der Waals surface area contributed by atoms with E-state index in [1.807, 2.05) is 48.5 Å². The molecular weight excluding hydrogens is 536 g/mol. The Kier molecular flexibility index (Phi) is 7.40. The summed E-state index contributed by atoms with van der Waals surface area (Å²) in [7, 11) is 3.20. The lowest BCUT2D eigenvalue weighted by Crippen LogP contribution is -2.11. The largest absolute Gasteiger partial charge is 0.497 e. The number of benzene rings is 3. The maximum Gasteiger partial charge on any atom is 0.355 e. The molecule has 0 amide bonds. The van der Waals surface area contributed by atoms with E-state index in [2.05, 4.69) is 0 Å². The number of rotatable bonds is 9. The number of aromatic nitrogens is 2. The summed E-state index contributed by atoms with van der Waals surface area (Å²) in [6.07, 6.45) is 0. The number of halogens is 1. The molecule has 1 aliphatic heterocycles. The molecule has 2 heterocycles. The van der Waals surface area contributed by atoms with E-state index in [1.165, 1.54) is 23.5 Å². The molecule has 0 unspecified atom stereocenters. The van der Waals surface area contributed by atoms with Gasteiger partial charge in [0.15, 0.2) is 22.3 Å². The van der Waals surface area contributed by atoms with Crippen LogP contribution in [0.15, 0.2) is 80.6 Å². The molecule has 1 aromatic heterocycles. The summed E-state index contributed by atoms with van der Waals surface area (Å²) in [4.78, 5) is 19.0. The van der Waals surface area contributed by atoms with Crippen LogP contribution >= 0.6 is 35.1 Å². The molecule has 190 valence electrons. The van der Waals surface area contributed by atoms with Gasteiger partial charge in [-0.2, -0.15) is 0 Å². The summed E-state index contributed by atoms with van der Waals surface area (Å²) in [5, 5.41) is 11.6. The molecule has 1 N–H and O–H groups in total. The third-order valence-electron chi connectivity index (χ3n) is 5.52. The third kappa shape index (κ3) is 5.46. The summed E-state index contributed by atoms with van der Waals surface area (Å²) in [5.74, 6) is 1.46. The van der Waals surface area contributed by atoms with Gasteiger partial charge >= 0.3 is 5.97 Å². The Labute approximate surface area is 226 Å². The number of fused-ring (bicyclic) bond motifs is 1. The number of imidazole rings is 1. The Morgan fingerprint density at radius 2 is 1.54 bits per heavy atom. The predicted octanol–water partition coefficient (Wildman–Crippen LogP) is 6.33. The molecule has 4 aromatic rings. The van der Waals surface area contributed by atoms with Crippen molar-refractivity contribution >= 4 is 41.1 Å². The number of carbonyl (C=O) groups is 1. The minimum atomic E-state index is -1.10. The topological polar surface area (TPSA) is 92.0 Å². The zero-order chi connectivity index (χ0) is 25.9. The lowest BCUT2D eigenvalue weighted by atomic mass is 10.2. The normalized spacial score (nSPS) is 12.0. The van der Waals surface area contributed by atoms with Crippen LogP contribution in [0, 0.1) is 0 Å². The Hall–Kier alpha value is -3.47. The van der Waals surface area contributed by atoms with E-state index in [4.69, 9.17) is 35.5 Å². The maximum absolute atomic E-state index is 12.5. The van der Waals surface area contributed by atoms with Gasteiger partial charge in [-0.15, -0.1) is 0 Å². The fraction of sp³-hybridized carbons (Fsp3) is 0.154. The lowest BCUT2D eigenvalue weighted by molar-refractivity contribution is 0.0680. The third-order valence-corrected chi connectivity index (χ3v) is 7.86. The second kappa shape index (κ2) is 10.9. The van der Waals surface area contributed by atoms with Crippen LogP contribution in [0.5, 0.6) is 23.0 Å². The highest BCUT2D eigenvalue weighted by molar-refractivity contribution is 8.00. The average molecular weight is 557 g/mol. The molecule has 11 heteroatoms. The minimum absolute atomic E-state index is 0.0607. The van der Waals surface area contributed by atoms with E-state index in [-0.39, 0.29) is 19.0 Å². The van der Waals surface area contributed by atoms with Gasteiger partial charge in [0.2, 0.25) is 6.79 Å². The first-order chi connectivity index (χ1) is 17.9. The fourth-order valence-electron chi connectivity index (χ4n) is 3.67. The number of carboxylic acid groups (broad SMARTS) is 1. The van der Waals surface area contributed by atoms with Gasteiger partial charge < -0.3 is 28.6 Å². The van der Waals surface area contributed by atoms with Gasteiger partial charge in [0.25, 0.3) is 0 Å². The van der Waals surface area contributed by atoms with Crippen LogP contribution in [0.1, 0.15) is 16.1 Å². The Morgan fingerprint density at radius 1 is 0.973 bits per heavy atom. The van der Waals surface area contributed by atoms with E-state index in [0.29, 0.717) is 38.0 Å². The number of methoxy groups -OCH3 is 2. The Morgan fingerprint density at radius 3 is 2.11 bits per heavy atom. The first-order valence-corrected chi connectivity index (χ1v) is 13.0. The van der Waals surface area contributed by atoms with Gasteiger partial charge in [0.05, 0.1) is 20.8 Å². The molecule has 37 heavy (non-hydrogen) atoms. The molecule has 3 aromatic carbocycles. The van der Waals surface area contributed by atoms with Gasteiger partial charge in [-0.05, 0) is 60.2 Å². The molecule has 0 saturated heterocycles. The van der Waals surface area contributed by atoms with Crippen LogP contribution in [0.3, 0.4) is 0 Å². The van der Waals surface area contributed by atoms with Gasteiger partial charge in [-0.25, -0.2) is 9.78 Å². The van der Waals surface area contributed by atoms with Crippen LogP contribution in [-0.2, 0) is 6.54 Å². The molecular formula is C26H21ClN2O6S2. The second-order valence-electron chi connectivity index (χ2n) is 7.79. The molecule has 1 aliphatic rings. The zero-order valence-electron chi connectivity index (χ0n) is 19.8. The molecule has 0 aliphatic carbocycles. The average Bonchev–Trinajstić information content (AvgIpc) is 3.49. The maximum atomic E-state index is 12.5. The van der Waals surface area contributed by atoms with Crippen molar-refractivity contribution in [2.75, 3.05) is 21.0 Å². The van der Waals surface area contributed by atoms with Crippen molar-refractivity contribution in [1.29, 1.82) is 0 Å². The summed E-state index contributed by atoms with van der Waals surface area (Å²) in [6, 6.07) is 18.3. The van der Waals surface area contributed by atoms with Gasteiger partial charge in [0.1, 0.15) is 16.5 Å². The number of hydrogen-bond acceptors (Lipinski definition) is 8. The highest BCUT2D eigenvalue weighted by Crippen LogP contribution is 2.40. The summed E-state index contributed by atoms with van der Waals surface area (Å²) in [6.45, 7) is 0.285. The van der Waals surface area contributed by atoms with Crippen molar-refractivity contribution in [3.8, 4) is 23.0 Å². The lowest BCUT2D eigenvalue weighted by Gasteiger charge is -2.12. The van der Waals surface area contributed by atoms with Crippen LogP contribution < -0.4 is 18.9 Å². The molecule has 0 bridgehead atoms. The zero-order valence-corrected chi connectivity index (χ0v) is 22.2. The summed E-state index contributed by atoms with van der Waals surface area (Å²) >= 11 is 9.17. The van der Waals surface area contributed by atoms with Crippen molar-refractivity contribution in [2.24, 2.45) is 0 Å². The van der Waals surface area contributed by atoms with Crippen molar-refractivity contribution < 1.29 is 28.8 Å². The fourth-order valence-corrected chi connectivity index (χ4v) is 5.75. The van der Waals surface area contributed by atoms with E-state index < -0.39 is 5.97 Å². The van der Waals surface area contributed by atoms with E-state index in [9.17, 15) is 9.90 Å². The summed E-state index contributed by atoms with van der Waals surface area (Å²) < 4.78 is 23.1. The molecule has 0 saturated carbocycles. The Balaban J connectivity index is 1.57.